The Morgan fingerprint density at radius 1 is 1.37 bits per heavy atom. The van der Waals surface area contributed by atoms with Crippen LogP contribution >= 0.6 is 23.2 Å². The average molecular weight is 298 g/mol. The summed E-state index contributed by atoms with van der Waals surface area (Å²) < 4.78 is 0. The van der Waals surface area contributed by atoms with Crippen molar-refractivity contribution < 1.29 is 0 Å². The van der Waals surface area contributed by atoms with Crippen molar-refractivity contribution in [3.05, 3.63) is 40.3 Å². The summed E-state index contributed by atoms with van der Waals surface area (Å²) in [7, 11) is 0. The smallest absolute Gasteiger partial charge is 0.126 e. The molecule has 0 fully saturated rings. The fourth-order valence-corrected chi connectivity index (χ4v) is 2.50. The monoisotopic (exact) mass is 297 g/mol. The first-order valence-electron chi connectivity index (χ1n) is 6.24. The zero-order chi connectivity index (χ0) is 14.0. The van der Waals surface area contributed by atoms with Gasteiger partial charge in [-0.15, -0.1) is 0 Å². The number of nitrogens with two attached hydrogens (primary N) is 1. The number of benzene rings is 1. The molecule has 0 saturated heterocycles. The molecule has 0 aliphatic heterocycles. The fourth-order valence-electron chi connectivity index (χ4n) is 2.10. The number of hydrogen-bond donors (Lipinski definition) is 2. The number of H-pyrrole nitrogens is 1. The Morgan fingerprint density at radius 3 is 2.79 bits per heavy atom. The van der Waals surface area contributed by atoms with Crippen LogP contribution in [-0.2, 0) is 5.54 Å². The molecule has 0 radical (unpaired) electrons. The molecule has 0 spiro atoms. The van der Waals surface area contributed by atoms with Crippen molar-refractivity contribution in [3.8, 4) is 11.3 Å². The molecule has 102 valence electrons. The maximum absolute atomic E-state index is 6.26. The van der Waals surface area contributed by atoms with Gasteiger partial charge < -0.3 is 10.7 Å². The number of nitrogens with one attached hydrogen (secondary N) is 1. The van der Waals surface area contributed by atoms with Crippen molar-refractivity contribution in [2.45, 2.75) is 32.2 Å². The Hall–Kier alpha value is -1.03. The van der Waals surface area contributed by atoms with Gasteiger partial charge in [0.15, 0.2) is 0 Å². The number of rotatable bonds is 4. The van der Waals surface area contributed by atoms with E-state index in [0.29, 0.717) is 10.0 Å². The van der Waals surface area contributed by atoms with Crippen molar-refractivity contribution >= 4 is 23.2 Å². The van der Waals surface area contributed by atoms with Crippen molar-refractivity contribution in [1.82, 2.24) is 9.97 Å². The maximum Gasteiger partial charge on any atom is 0.126 e. The number of aromatic nitrogens is 2. The molecular formula is C14H17Cl2N3. The predicted molar refractivity (Wildman–Crippen MR) is 80.5 cm³/mol. The van der Waals surface area contributed by atoms with E-state index in [-0.39, 0.29) is 0 Å². The van der Waals surface area contributed by atoms with Gasteiger partial charge in [-0.2, -0.15) is 0 Å². The zero-order valence-electron chi connectivity index (χ0n) is 11.0. The number of aromatic amines is 1. The Bertz CT molecular complexity index is 576. The summed E-state index contributed by atoms with van der Waals surface area (Å²) in [6, 6.07) is 5.52. The molecule has 1 aromatic heterocycles. The molecule has 19 heavy (non-hydrogen) atoms. The van der Waals surface area contributed by atoms with Crippen LogP contribution in [0.25, 0.3) is 11.3 Å². The highest BCUT2D eigenvalue weighted by Gasteiger charge is 2.24. The minimum absolute atomic E-state index is 0.460. The first-order valence-corrected chi connectivity index (χ1v) is 7.00. The number of nitrogens with zero attached hydrogens (tertiary/aromatic N) is 1. The Morgan fingerprint density at radius 2 is 2.11 bits per heavy atom. The summed E-state index contributed by atoms with van der Waals surface area (Å²) >= 11 is 12.2. The lowest BCUT2D eigenvalue weighted by Gasteiger charge is -2.21. The van der Waals surface area contributed by atoms with E-state index in [0.717, 1.165) is 29.9 Å². The van der Waals surface area contributed by atoms with E-state index >= 15 is 0 Å². The van der Waals surface area contributed by atoms with E-state index in [1.165, 1.54) is 0 Å². The van der Waals surface area contributed by atoms with Crippen molar-refractivity contribution in [1.29, 1.82) is 0 Å². The van der Waals surface area contributed by atoms with Gasteiger partial charge >= 0.3 is 0 Å². The molecule has 0 bridgehead atoms. The largest absolute Gasteiger partial charge is 0.340 e. The lowest BCUT2D eigenvalue weighted by atomic mass is 9.97. The molecule has 2 aromatic rings. The molecule has 1 atom stereocenters. The summed E-state index contributed by atoms with van der Waals surface area (Å²) in [4.78, 5) is 7.61. The molecule has 5 heteroatoms. The van der Waals surface area contributed by atoms with Crippen LogP contribution in [0.1, 0.15) is 32.5 Å². The lowest BCUT2D eigenvalue weighted by Crippen LogP contribution is -2.34. The summed E-state index contributed by atoms with van der Waals surface area (Å²) in [6.45, 7) is 4.07. The number of halogens is 2. The van der Waals surface area contributed by atoms with E-state index in [9.17, 15) is 0 Å². The zero-order valence-corrected chi connectivity index (χ0v) is 12.5. The normalized spacial score (nSPS) is 14.4. The first-order chi connectivity index (χ1) is 8.95. The summed E-state index contributed by atoms with van der Waals surface area (Å²) in [5.41, 5.74) is 7.46. The van der Waals surface area contributed by atoms with Crippen molar-refractivity contribution in [2.75, 3.05) is 0 Å². The van der Waals surface area contributed by atoms with Crippen LogP contribution in [-0.4, -0.2) is 9.97 Å². The van der Waals surface area contributed by atoms with Crippen LogP contribution in [0, 0.1) is 0 Å². The lowest BCUT2D eigenvalue weighted by molar-refractivity contribution is 0.423. The highest BCUT2D eigenvalue weighted by atomic mass is 35.5. The number of hydrogen-bond acceptors (Lipinski definition) is 2. The van der Waals surface area contributed by atoms with Gasteiger partial charge in [0, 0.05) is 5.56 Å². The molecule has 0 aliphatic carbocycles. The Labute approximate surface area is 123 Å². The molecule has 1 aromatic carbocycles. The minimum atomic E-state index is -0.460. The van der Waals surface area contributed by atoms with Crippen LogP contribution in [0.15, 0.2) is 24.4 Å². The second-order valence-electron chi connectivity index (χ2n) is 4.91. The van der Waals surface area contributed by atoms with Crippen molar-refractivity contribution in [2.24, 2.45) is 5.73 Å². The van der Waals surface area contributed by atoms with E-state index < -0.39 is 5.54 Å². The van der Waals surface area contributed by atoms with Gasteiger partial charge in [-0.3, -0.25) is 0 Å². The molecule has 3 nitrogen and oxygen atoms in total. The fraction of sp³-hybridized carbons (Fsp3) is 0.357. The topological polar surface area (TPSA) is 54.7 Å². The van der Waals surface area contributed by atoms with E-state index in [2.05, 4.69) is 16.9 Å². The van der Waals surface area contributed by atoms with Crippen LogP contribution < -0.4 is 5.73 Å². The molecule has 0 aliphatic rings. The van der Waals surface area contributed by atoms with Gasteiger partial charge in [0.25, 0.3) is 0 Å². The summed E-state index contributed by atoms with van der Waals surface area (Å²) in [6.07, 6.45) is 3.61. The van der Waals surface area contributed by atoms with Crippen LogP contribution in [0.2, 0.25) is 10.0 Å². The standard InChI is InChI=1S/C14H17Cl2N3/c1-3-7-14(2,17)13-18-8-11(19-13)9-5-4-6-10(15)12(9)16/h4-6,8H,3,7,17H2,1-2H3,(H,18,19). The number of imidazole rings is 1. The highest BCUT2D eigenvalue weighted by molar-refractivity contribution is 6.43. The van der Waals surface area contributed by atoms with Gasteiger partial charge in [-0.1, -0.05) is 48.7 Å². The van der Waals surface area contributed by atoms with Crippen molar-refractivity contribution in [3.63, 3.8) is 0 Å². The highest BCUT2D eigenvalue weighted by Crippen LogP contribution is 2.33. The molecule has 1 unspecified atom stereocenters. The van der Waals surface area contributed by atoms with E-state index in [4.69, 9.17) is 28.9 Å². The quantitative estimate of drug-likeness (QED) is 0.881. The Balaban J connectivity index is 2.39. The minimum Gasteiger partial charge on any atom is -0.340 e. The van der Waals surface area contributed by atoms with E-state index in [1.54, 1.807) is 12.3 Å². The third-order valence-corrected chi connectivity index (χ3v) is 3.95. The van der Waals surface area contributed by atoms with Gasteiger partial charge in [0.1, 0.15) is 5.82 Å². The van der Waals surface area contributed by atoms with E-state index in [1.807, 2.05) is 19.1 Å². The van der Waals surface area contributed by atoms with Crippen LogP contribution in [0.4, 0.5) is 0 Å². The van der Waals surface area contributed by atoms with Crippen LogP contribution in [0.5, 0.6) is 0 Å². The SMILES string of the molecule is CCCC(C)(N)c1ncc(-c2cccc(Cl)c2Cl)[nH]1. The van der Waals surface area contributed by atoms with Gasteiger partial charge in [0.05, 0.1) is 27.5 Å². The van der Waals surface area contributed by atoms with Gasteiger partial charge in [-0.05, 0) is 19.4 Å². The summed E-state index contributed by atoms with van der Waals surface area (Å²) in [5.74, 6) is 0.764. The third kappa shape index (κ3) is 2.94. The first kappa shape index (κ1) is 14.4. The Kier molecular flexibility index (Phi) is 4.19. The molecule has 1 heterocycles. The molecule has 2 rings (SSSR count). The predicted octanol–water partition coefficient (Wildman–Crippen LogP) is 4.36. The second-order valence-corrected chi connectivity index (χ2v) is 5.70. The average Bonchev–Trinajstić information content (AvgIpc) is 2.82. The van der Waals surface area contributed by atoms with Gasteiger partial charge in [-0.25, -0.2) is 4.98 Å². The summed E-state index contributed by atoms with van der Waals surface area (Å²) in [5, 5.41) is 1.05. The third-order valence-electron chi connectivity index (χ3n) is 3.13. The molecular weight excluding hydrogens is 281 g/mol. The molecule has 0 saturated carbocycles. The molecule has 0 amide bonds. The van der Waals surface area contributed by atoms with Gasteiger partial charge in [0.2, 0.25) is 0 Å². The molecule has 3 N–H and O–H groups in total. The van der Waals surface area contributed by atoms with Crippen LogP contribution in [0.3, 0.4) is 0 Å². The second kappa shape index (κ2) is 5.53. The maximum atomic E-state index is 6.26.